The summed E-state index contributed by atoms with van der Waals surface area (Å²) in [6, 6.07) is 15.4. The maximum Gasteiger partial charge on any atom is 0.227 e. The Hall–Kier alpha value is -3.28. The molecular formula is C19H19N3O3. The fourth-order valence-electron chi connectivity index (χ4n) is 2.47. The van der Waals surface area contributed by atoms with Crippen LogP contribution < -0.4 is 19.5 Å². The lowest BCUT2D eigenvalue weighted by molar-refractivity contribution is 0.324. The van der Waals surface area contributed by atoms with Crippen LogP contribution in [0, 0.1) is 0 Å². The lowest BCUT2D eigenvalue weighted by atomic mass is 10.1. The van der Waals surface area contributed by atoms with Crippen LogP contribution in [-0.4, -0.2) is 31.3 Å². The molecule has 1 aromatic heterocycles. The number of hydrogen-bond donors (Lipinski definition) is 1. The van der Waals surface area contributed by atoms with Crippen LogP contribution >= 0.6 is 0 Å². The van der Waals surface area contributed by atoms with E-state index in [4.69, 9.17) is 14.2 Å². The normalized spacial score (nSPS) is 10.2. The molecule has 0 atom stereocenters. The van der Waals surface area contributed by atoms with Crippen molar-refractivity contribution >= 4 is 11.6 Å². The Labute approximate surface area is 146 Å². The van der Waals surface area contributed by atoms with Gasteiger partial charge in [0.2, 0.25) is 11.7 Å². The molecule has 0 amide bonds. The first kappa shape index (κ1) is 16.6. The van der Waals surface area contributed by atoms with Crippen molar-refractivity contribution in [2.45, 2.75) is 0 Å². The van der Waals surface area contributed by atoms with Crippen LogP contribution in [0.25, 0.3) is 11.3 Å². The standard InChI is InChI=1S/C19H19N3O3/c1-23-16-11-14(12-17(24-2)18(16)25-3)21-19-20-10-9-15(22-19)13-7-5-4-6-8-13/h4-12H,1-3H3,(H,20,21,22). The summed E-state index contributed by atoms with van der Waals surface area (Å²) in [7, 11) is 4.72. The first-order valence-electron chi connectivity index (χ1n) is 7.70. The number of rotatable bonds is 6. The molecule has 0 aliphatic heterocycles. The average molecular weight is 337 g/mol. The monoisotopic (exact) mass is 337 g/mol. The molecule has 1 N–H and O–H groups in total. The Bertz CT molecular complexity index is 829. The zero-order chi connectivity index (χ0) is 17.6. The average Bonchev–Trinajstić information content (AvgIpc) is 2.68. The molecule has 6 heteroatoms. The fraction of sp³-hybridized carbons (Fsp3) is 0.158. The fourth-order valence-corrected chi connectivity index (χ4v) is 2.47. The topological polar surface area (TPSA) is 65.5 Å². The van der Waals surface area contributed by atoms with E-state index >= 15 is 0 Å². The third-order valence-corrected chi connectivity index (χ3v) is 3.65. The number of methoxy groups -OCH3 is 3. The van der Waals surface area contributed by atoms with Crippen LogP contribution in [0.3, 0.4) is 0 Å². The third-order valence-electron chi connectivity index (χ3n) is 3.65. The summed E-state index contributed by atoms with van der Waals surface area (Å²) >= 11 is 0. The van der Waals surface area contributed by atoms with Crippen molar-refractivity contribution in [2.24, 2.45) is 0 Å². The highest BCUT2D eigenvalue weighted by Gasteiger charge is 2.14. The largest absolute Gasteiger partial charge is 0.493 e. The highest BCUT2D eigenvalue weighted by molar-refractivity contribution is 5.67. The van der Waals surface area contributed by atoms with Crippen molar-refractivity contribution in [1.82, 2.24) is 9.97 Å². The Balaban J connectivity index is 1.93. The van der Waals surface area contributed by atoms with Gasteiger partial charge in [0.25, 0.3) is 0 Å². The maximum atomic E-state index is 5.36. The lowest BCUT2D eigenvalue weighted by Crippen LogP contribution is -2.00. The molecule has 0 aliphatic carbocycles. The van der Waals surface area contributed by atoms with Gasteiger partial charge in [-0.3, -0.25) is 0 Å². The summed E-state index contributed by atoms with van der Waals surface area (Å²) in [5.74, 6) is 2.14. The zero-order valence-corrected chi connectivity index (χ0v) is 14.3. The highest BCUT2D eigenvalue weighted by atomic mass is 16.5. The van der Waals surface area contributed by atoms with Gasteiger partial charge < -0.3 is 19.5 Å². The van der Waals surface area contributed by atoms with Gasteiger partial charge in [-0.15, -0.1) is 0 Å². The Kier molecular flexibility index (Phi) is 4.99. The SMILES string of the molecule is COc1cc(Nc2nccc(-c3ccccc3)n2)cc(OC)c1OC. The number of aromatic nitrogens is 2. The highest BCUT2D eigenvalue weighted by Crippen LogP contribution is 2.40. The molecular weight excluding hydrogens is 318 g/mol. The van der Waals surface area contributed by atoms with Crippen LogP contribution in [0.15, 0.2) is 54.7 Å². The Morgan fingerprint density at radius 3 is 2.12 bits per heavy atom. The van der Waals surface area contributed by atoms with Crippen molar-refractivity contribution in [3.63, 3.8) is 0 Å². The van der Waals surface area contributed by atoms with E-state index in [1.54, 1.807) is 39.7 Å². The Morgan fingerprint density at radius 2 is 1.52 bits per heavy atom. The van der Waals surface area contributed by atoms with Crippen molar-refractivity contribution < 1.29 is 14.2 Å². The second-order valence-electron chi connectivity index (χ2n) is 5.17. The Morgan fingerprint density at radius 1 is 0.840 bits per heavy atom. The van der Waals surface area contributed by atoms with Gasteiger partial charge in [-0.05, 0) is 6.07 Å². The zero-order valence-electron chi connectivity index (χ0n) is 14.3. The molecule has 0 spiro atoms. The van der Waals surface area contributed by atoms with Crippen molar-refractivity contribution in [2.75, 3.05) is 26.6 Å². The minimum atomic E-state index is 0.482. The lowest BCUT2D eigenvalue weighted by Gasteiger charge is -2.14. The molecule has 0 fully saturated rings. The minimum absolute atomic E-state index is 0.482. The smallest absolute Gasteiger partial charge is 0.227 e. The van der Waals surface area contributed by atoms with E-state index in [1.165, 1.54) is 0 Å². The molecule has 25 heavy (non-hydrogen) atoms. The van der Waals surface area contributed by atoms with Gasteiger partial charge in [-0.1, -0.05) is 30.3 Å². The summed E-state index contributed by atoms with van der Waals surface area (Å²) in [5, 5.41) is 3.18. The second kappa shape index (κ2) is 7.53. The number of nitrogens with one attached hydrogen (secondary N) is 1. The second-order valence-corrected chi connectivity index (χ2v) is 5.17. The molecule has 0 saturated carbocycles. The summed E-state index contributed by atoms with van der Waals surface area (Å²) in [5.41, 5.74) is 2.60. The van der Waals surface area contributed by atoms with Crippen LogP contribution in [0.2, 0.25) is 0 Å². The predicted octanol–water partition coefficient (Wildman–Crippen LogP) is 3.91. The molecule has 3 rings (SSSR count). The van der Waals surface area contributed by atoms with E-state index in [9.17, 15) is 0 Å². The van der Waals surface area contributed by atoms with Gasteiger partial charge >= 0.3 is 0 Å². The summed E-state index contributed by atoms with van der Waals surface area (Å²) in [6.07, 6.45) is 1.72. The first-order chi connectivity index (χ1) is 12.2. The van der Waals surface area contributed by atoms with Crippen molar-refractivity contribution in [3.8, 4) is 28.5 Å². The number of benzene rings is 2. The molecule has 3 aromatic rings. The van der Waals surface area contributed by atoms with Crippen LogP contribution in [0.1, 0.15) is 0 Å². The summed E-state index contributed by atoms with van der Waals surface area (Å²) in [4.78, 5) is 8.84. The van der Waals surface area contributed by atoms with Gasteiger partial charge in [0.05, 0.1) is 27.0 Å². The first-order valence-corrected chi connectivity index (χ1v) is 7.70. The summed E-state index contributed by atoms with van der Waals surface area (Å²) in [6.45, 7) is 0. The third kappa shape index (κ3) is 3.63. The summed E-state index contributed by atoms with van der Waals surface area (Å²) < 4.78 is 16.1. The molecule has 0 radical (unpaired) electrons. The number of nitrogens with zero attached hydrogens (tertiary/aromatic N) is 2. The molecule has 0 unspecified atom stereocenters. The van der Waals surface area contributed by atoms with E-state index in [2.05, 4.69) is 15.3 Å². The van der Waals surface area contributed by atoms with Crippen LogP contribution in [-0.2, 0) is 0 Å². The predicted molar refractivity (Wildman–Crippen MR) is 96.8 cm³/mol. The molecule has 0 bridgehead atoms. The molecule has 0 aliphatic rings. The molecule has 6 nitrogen and oxygen atoms in total. The van der Waals surface area contributed by atoms with E-state index in [1.807, 2.05) is 36.4 Å². The number of anilines is 2. The van der Waals surface area contributed by atoms with Crippen molar-refractivity contribution in [3.05, 3.63) is 54.7 Å². The van der Waals surface area contributed by atoms with E-state index < -0.39 is 0 Å². The maximum absolute atomic E-state index is 5.36. The van der Waals surface area contributed by atoms with E-state index in [0.29, 0.717) is 23.2 Å². The van der Waals surface area contributed by atoms with E-state index in [0.717, 1.165) is 16.9 Å². The van der Waals surface area contributed by atoms with Gasteiger partial charge in [0.15, 0.2) is 11.5 Å². The van der Waals surface area contributed by atoms with E-state index in [-0.39, 0.29) is 0 Å². The van der Waals surface area contributed by atoms with Gasteiger partial charge in [0, 0.05) is 29.6 Å². The van der Waals surface area contributed by atoms with Gasteiger partial charge in [-0.2, -0.15) is 0 Å². The molecule has 0 saturated heterocycles. The van der Waals surface area contributed by atoms with Crippen LogP contribution in [0.5, 0.6) is 17.2 Å². The van der Waals surface area contributed by atoms with Crippen molar-refractivity contribution in [1.29, 1.82) is 0 Å². The van der Waals surface area contributed by atoms with Gasteiger partial charge in [0.1, 0.15) is 0 Å². The minimum Gasteiger partial charge on any atom is -0.493 e. The van der Waals surface area contributed by atoms with Gasteiger partial charge in [-0.25, -0.2) is 9.97 Å². The molecule has 128 valence electrons. The van der Waals surface area contributed by atoms with Crippen LogP contribution in [0.4, 0.5) is 11.6 Å². The number of ether oxygens (including phenoxy) is 3. The molecule has 2 aromatic carbocycles. The number of hydrogen-bond acceptors (Lipinski definition) is 6. The quantitative estimate of drug-likeness (QED) is 0.735. The molecule has 1 heterocycles.